The van der Waals surface area contributed by atoms with E-state index in [2.05, 4.69) is 6.92 Å². The number of allylic oxidation sites excluding steroid dienone is 2. The first-order valence-electron chi connectivity index (χ1n) is 31.5. The molecular formula is C62H115NO24. The van der Waals surface area contributed by atoms with Crippen LogP contribution in [-0.2, 0) is 14.3 Å². The quantitative estimate of drug-likeness (QED) is 0.0148. The third kappa shape index (κ3) is 23.3. The standard InChI is InChI=1S/C62H115NO24/c1-12-13-14-15-16-17-18-19-38(64)28-62(86)60(84)59(83)57(81)47(87-62)27-46(72)56(80)58(82)55(79)45(71)25-40(66)23-39(65)24-41(67)32(5)50(74)33(6)42(68)26-43(69)34(7)51(75)35(8)52(76)36(9)53(77)44(70)22-30(3)20-29(2)21-31(4)49(73)48-54(78)37(10)63(11)61(48)85/h21,29-30,32-47,50-53,55-60,64-77,79-84,86H,12-20,22-28H2,1-11H3/b31-21+,49-48-. The average Bonchev–Trinajstić information content (AvgIpc) is 2.13. The van der Waals surface area contributed by atoms with Crippen LogP contribution < -0.4 is 0 Å². The molecule has 21 N–H and O–H groups in total. The summed E-state index contributed by atoms with van der Waals surface area (Å²) in [6.45, 7) is 16.3. The van der Waals surface area contributed by atoms with Crippen LogP contribution in [0, 0.1) is 41.4 Å². The van der Waals surface area contributed by atoms with E-state index in [1.165, 1.54) is 46.6 Å². The molecule has 2 rings (SSSR count). The number of carbonyl (C=O) groups excluding carboxylic acids is 2. The van der Waals surface area contributed by atoms with Gasteiger partial charge in [0.1, 0.15) is 48.0 Å². The van der Waals surface area contributed by atoms with Crippen LogP contribution in [0.15, 0.2) is 23.0 Å². The Bertz CT molecular complexity index is 2050. The topological polar surface area (TPSA) is 471 Å². The number of rotatable bonds is 41. The van der Waals surface area contributed by atoms with Crippen molar-refractivity contribution >= 4 is 11.7 Å². The number of Topliss-reactive ketones (excluding diaryl/α,β-unsaturated/α-hetero) is 1. The second-order valence-electron chi connectivity index (χ2n) is 26.4. The van der Waals surface area contributed by atoms with Crippen LogP contribution in [0.3, 0.4) is 0 Å². The minimum atomic E-state index is -2.59. The third-order valence-corrected chi connectivity index (χ3v) is 18.8. The van der Waals surface area contributed by atoms with Gasteiger partial charge in [-0.15, -0.1) is 0 Å². The first-order chi connectivity index (χ1) is 40.3. The SMILES string of the molecule is CCCCCCCCCC(O)CC1(O)OC(CC(O)C(O)C(O)C(O)C(O)CC(O)CC(O)CC(O)C(C)C(O)C(C)C(O)CC(O)C(C)C(O)C(C)C(O)C(C)C(O)C(O)CC(C)CC(C)/C=C(C)/C(O)=C2\C(=O)C(C)N(C)C2=O)C(O)C(O)C1O. The zero-order valence-electron chi connectivity index (χ0n) is 53.1. The molecule has 0 aromatic carbocycles. The Morgan fingerprint density at radius 1 is 0.540 bits per heavy atom. The van der Waals surface area contributed by atoms with Gasteiger partial charge in [0.2, 0.25) is 0 Å². The van der Waals surface area contributed by atoms with Gasteiger partial charge < -0.3 is 117 Å². The van der Waals surface area contributed by atoms with Crippen LogP contribution in [0.4, 0.5) is 0 Å². The fraction of sp³-hybridized carbons (Fsp3) is 0.903. The highest BCUT2D eigenvalue weighted by Gasteiger charge is 2.54. The molecule has 25 heteroatoms. The molecule has 2 saturated heterocycles. The largest absolute Gasteiger partial charge is 0.507 e. The number of aliphatic hydroxyl groups excluding tert-OH is 20. The van der Waals surface area contributed by atoms with Crippen LogP contribution >= 0.6 is 0 Å². The lowest BCUT2D eigenvalue weighted by Gasteiger charge is -2.47. The second kappa shape index (κ2) is 37.3. The van der Waals surface area contributed by atoms with Crippen molar-refractivity contribution in [2.45, 2.75) is 306 Å². The Morgan fingerprint density at radius 2 is 0.989 bits per heavy atom. The van der Waals surface area contributed by atoms with Gasteiger partial charge in [0.25, 0.3) is 5.91 Å². The Morgan fingerprint density at radius 3 is 1.51 bits per heavy atom. The predicted octanol–water partition coefficient (Wildman–Crippen LogP) is -1.17. The summed E-state index contributed by atoms with van der Waals surface area (Å²) in [5, 5.41) is 229. The van der Waals surface area contributed by atoms with Gasteiger partial charge in [0.15, 0.2) is 11.6 Å². The van der Waals surface area contributed by atoms with Crippen molar-refractivity contribution in [1.29, 1.82) is 0 Å². The number of hydrogen-bond donors (Lipinski definition) is 21. The second-order valence-corrected chi connectivity index (χ2v) is 26.4. The van der Waals surface area contributed by atoms with Crippen LogP contribution in [0.25, 0.3) is 0 Å². The number of likely N-dealkylation sites (tertiary alicyclic amines) is 1. The molecule has 2 aliphatic heterocycles. The molecular weight excluding hydrogens is 1140 g/mol. The molecule has 2 aliphatic rings. The van der Waals surface area contributed by atoms with E-state index in [0.29, 0.717) is 18.4 Å². The van der Waals surface area contributed by atoms with Crippen LogP contribution in [0.1, 0.15) is 172 Å². The van der Waals surface area contributed by atoms with E-state index in [4.69, 9.17) is 4.74 Å². The minimum absolute atomic E-state index is 0.112. The summed E-state index contributed by atoms with van der Waals surface area (Å²) in [6.07, 6.45) is -28.2. The van der Waals surface area contributed by atoms with Gasteiger partial charge in [-0.2, -0.15) is 0 Å². The number of ether oxygens (including phenoxy) is 1. The molecule has 2 heterocycles. The molecule has 0 bridgehead atoms. The van der Waals surface area contributed by atoms with Crippen molar-refractivity contribution in [2.24, 2.45) is 41.4 Å². The number of nitrogens with zero attached hydrogens (tertiary/aromatic N) is 1. The Balaban J connectivity index is 1.88. The van der Waals surface area contributed by atoms with Crippen molar-refractivity contribution in [1.82, 2.24) is 4.90 Å². The molecule has 87 heavy (non-hydrogen) atoms. The highest BCUT2D eigenvalue weighted by Crippen LogP contribution is 2.36. The predicted molar refractivity (Wildman–Crippen MR) is 318 cm³/mol. The fourth-order valence-electron chi connectivity index (χ4n) is 12.3. The molecule has 0 radical (unpaired) electrons. The molecule has 1 amide bonds. The summed E-state index contributed by atoms with van der Waals surface area (Å²) in [4.78, 5) is 26.4. The van der Waals surface area contributed by atoms with Gasteiger partial charge in [-0.25, -0.2) is 0 Å². The number of likely N-dealkylation sites (N-methyl/N-ethyl adjacent to an activating group) is 1. The number of amides is 1. The van der Waals surface area contributed by atoms with Gasteiger partial charge in [-0.1, -0.05) is 106 Å². The zero-order chi connectivity index (χ0) is 66.9. The normalized spacial score (nSPS) is 29.4. The molecule has 512 valence electrons. The van der Waals surface area contributed by atoms with Gasteiger partial charge >= 0.3 is 0 Å². The lowest BCUT2D eigenvalue weighted by atomic mass is 9.77. The Labute approximate surface area is 513 Å². The molecule has 29 atom stereocenters. The van der Waals surface area contributed by atoms with E-state index in [0.717, 1.165) is 38.5 Å². The summed E-state index contributed by atoms with van der Waals surface area (Å²) >= 11 is 0. The number of hydrogen-bond acceptors (Lipinski definition) is 24. The smallest absolute Gasteiger partial charge is 0.261 e. The molecule has 29 unspecified atom stereocenters. The zero-order valence-corrected chi connectivity index (χ0v) is 53.1. The van der Waals surface area contributed by atoms with Crippen molar-refractivity contribution in [2.75, 3.05) is 7.05 Å². The van der Waals surface area contributed by atoms with Crippen LogP contribution in [-0.4, -0.2) is 265 Å². The molecule has 0 saturated carbocycles. The average molecular weight is 1260 g/mol. The van der Waals surface area contributed by atoms with E-state index in [1.54, 1.807) is 19.9 Å². The van der Waals surface area contributed by atoms with E-state index >= 15 is 0 Å². The minimum Gasteiger partial charge on any atom is -0.507 e. The van der Waals surface area contributed by atoms with E-state index in [-0.39, 0.29) is 36.7 Å². The lowest BCUT2D eigenvalue weighted by Crippen LogP contribution is -2.65. The monoisotopic (exact) mass is 1260 g/mol. The maximum Gasteiger partial charge on any atom is 0.261 e. The number of unbranched alkanes of at least 4 members (excludes halogenated alkanes) is 6. The number of carbonyl (C=O) groups is 2. The molecule has 0 aliphatic carbocycles. The van der Waals surface area contributed by atoms with E-state index in [1.807, 2.05) is 13.8 Å². The first-order valence-corrected chi connectivity index (χ1v) is 31.5. The van der Waals surface area contributed by atoms with Gasteiger partial charge in [-0.05, 0) is 69.8 Å². The van der Waals surface area contributed by atoms with Crippen molar-refractivity contribution in [3.05, 3.63) is 23.0 Å². The molecule has 25 nitrogen and oxygen atoms in total. The van der Waals surface area contributed by atoms with Crippen molar-refractivity contribution < 1.29 is 122 Å². The molecule has 0 spiro atoms. The van der Waals surface area contributed by atoms with Crippen molar-refractivity contribution in [3.63, 3.8) is 0 Å². The summed E-state index contributed by atoms with van der Waals surface area (Å²) in [5.41, 5.74) is 0.0730. The lowest BCUT2D eigenvalue weighted by molar-refractivity contribution is -0.356. The van der Waals surface area contributed by atoms with Crippen LogP contribution in [0.5, 0.6) is 0 Å². The Hall–Kier alpha value is -2.42. The molecule has 0 aromatic heterocycles. The Kier molecular flexibility index (Phi) is 34.6. The van der Waals surface area contributed by atoms with Gasteiger partial charge in [0, 0.05) is 55.9 Å². The highest BCUT2D eigenvalue weighted by atomic mass is 16.7. The summed E-state index contributed by atoms with van der Waals surface area (Å²) < 4.78 is 5.50. The first kappa shape index (κ1) is 80.7. The van der Waals surface area contributed by atoms with Crippen LogP contribution in [0.2, 0.25) is 0 Å². The molecule has 2 fully saturated rings. The highest BCUT2D eigenvalue weighted by molar-refractivity contribution is 6.26. The summed E-state index contributed by atoms with van der Waals surface area (Å²) in [5.74, 6) is -9.32. The summed E-state index contributed by atoms with van der Waals surface area (Å²) in [6, 6.07) is -0.694. The fourth-order valence-corrected chi connectivity index (χ4v) is 12.3. The van der Waals surface area contributed by atoms with Crippen molar-refractivity contribution in [3.8, 4) is 0 Å². The number of ketones is 1. The summed E-state index contributed by atoms with van der Waals surface area (Å²) in [7, 11) is 1.48. The van der Waals surface area contributed by atoms with E-state index in [9.17, 15) is 117 Å². The molecule has 0 aromatic rings. The number of aliphatic hydroxyl groups is 21. The van der Waals surface area contributed by atoms with Gasteiger partial charge in [-0.3, -0.25) is 9.59 Å². The third-order valence-electron chi connectivity index (χ3n) is 18.8. The van der Waals surface area contributed by atoms with Gasteiger partial charge in [0.05, 0.1) is 91.5 Å². The van der Waals surface area contributed by atoms with E-state index < -0.39 is 213 Å². The maximum atomic E-state index is 12.6. The maximum absolute atomic E-state index is 12.6.